The van der Waals surface area contributed by atoms with Crippen LogP contribution in [0.4, 0.5) is 0 Å². The minimum absolute atomic E-state index is 0.346. The van der Waals surface area contributed by atoms with E-state index in [-0.39, 0.29) is 0 Å². The molecule has 0 fully saturated rings. The van der Waals surface area contributed by atoms with E-state index in [0.717, 1.165) is 30.2 Å². The summed E-state index contributed by atoms with van der Waals surface area (Å²) in [5.74, 6) is 0.527. The molecule has 0 spiro atoms. The van der Waals surface area contributed by atoms with Crippen LogP contribution in [0.1, 0.15) is 37.4 Å². The van der Waals surface area contributed by atoms with Gasteiger partial charge in [-0.15, -0.1) is 0 Å². The number of rotatable bonds is 7. The normalized spacial score (nSPS) is 14.5. The minimum Gasteiger partial charge on any atom is -0.384 e. The highest BCUT2D eigenvalue weighted by atomic mass is 35.5. The number of ether oxygens (including phenoxy) is 1. The monoisotopic (exact) mass is 269 g/mol. The van der Waals surface area contributed by atoms with E-state index in [4.69, 9.17) is 16.3 Å². The molecule has 0 aliphatic rings. The number of halogens is 1. The molecule has 0 bridgehead atoms. The quantitative estimate of drug-likeness (QED) is 0.809. The van der Waals surface area contributed by atoms with Crippen molar-refractivity contribution < 1.29 is 4.74 Å². The Balaban J connectivity index is 2.79. The van der Waals surface area contributed by atoms with Gasteiger partial charge in [-0.25, -0.2) is 0 Å². The molecule has 3 heteroatoms. The Bertz CT molecular complexity index is 368. The van der Waals surface area contributed by atoms with Crippen LogP contribution in [0.5, 0.6) is 0 Å². The van der Waals surface area contributed by atoms with Gasteiger partial charge in [0.25, 0.3) is 0 Å². The average molecular weight is 270 g/mol. The van der Waals surface area contributed by atoms with Crippen molar-refractivity contribution in [1.29, 1.82) is 0 Å². The first kappa shape index (κ1) is 15.5. The third-order valence-corrected chi connectivity index (χ3v) is 3.55. The van der Waals surface area contributed by atoms with Crippen LogP contribution in [0, 0.1) is 12.8 Å². The van der Waals surface area contributed by atoms with Gasteiger partial charge in [-0.05, 0) is 43.0 Å². The summed E-state index contributed by atoms with van der Waals surface area (Å²) < 4.78 is 5.21. The van der Waals surface area contributed by atoms with Crippen molar-refractivity contribution in [2.45, 2.75) is 33.2 Å². The molecule has 0 aliphatic carbocycles. The lowest BCUT2D eigenvalue weighted by Gasteiger charge is -2.22. The minimum atomic E-state index is 0.346. The molecule has 0 aliphatic heterocycles. The average Bonchev–Trinajstić information content (AvgIpc) is 2.32. The lowest BCUT2D eigenvalue weighted by Crippen LogP contribution is -2.24. The largest absolute Gasteiger partial charge is 0.384 e. The fourth-order valence-electron chi connectivity index (χ4n) is 2.16. The van der Waals surface area contributed by atoms with E-state index in [1.54, 1.807) is 7.11 Å². The first-order valence-corrected chi connectivity index (χ1v) is 6.94. The van der Waals surface area contributed by atoms with Gasteiger partial charge in [0.15, 0.2) is 0 Å². The first-order chi connectivity index (χ1) is 8.58. The Morgan fingerprint density at radius 2 is 2.11 bits per heavy atom. The Kier molecular flexibility index (Phi) is 6.69. The molecule has 0 saturated heterocycles. The van der Waals surface area contributed by atoms with Crippen LogP contribution in [0.3, 0.4) is 0 Å². The number of methoxy groups -OCH3 is 1. The van der Waals surface area contributed by atoms with Crippen LogP contribution < -0.4 is 5.32 Å². The van der Waals surface area contributed by atoms with E-state index in [9.17, 15) is 0 Å². The van der Waals surface area contributed by atoms with Crippen molar-refractivity contribution in [2.24, 2.45) is 5.92 Å². The lowest BCUT2D eigenvalue weighted by atomic mass is 9.95. The van der Waals surface area contributed by atoms with Gasteiger partial charge in [-0.2, -0.15) is 0 Å². The third-order valence-electron chi connectivity index (χ3n) is 3.14. The van der Waals surface area contributed by atoms with Crippen LogP contribution in [0.15, 0.2) is 18.2 Å². The molecular weight excluding hydrogens is 246 g/mol. The van der Waals surface area contributed by atoms with E-state index in [0.29, 0.717) is 12.0 Å². The fourth-order valence-corrected chi connectivity index (χ4v) is 2.35. The highest BCUT2D eigenvalue weighted by molar-refractivity contribution is 6.31. The predicted molar refractivity (Wildman–Crippen MR) is 78.3 cm³/mol. The van der Waals surface area contributed by atoms with Gasteiger partial charge in [-0.1, -0.05) is 37.6 Å². The van der Waals surface area contributed by atoms with E-state index >= 15 is 0 Å². The van der Waals surface area contributed by atoms with Crippen molar-refractivity contribution in [1.82, 2.24) is 5.32 Å². The molecule has 0 aromatic heterocycles. The summed E-state index contributed by atoms with van der Waals surface area (Å²) >= 11 is 6.20. The molecule has 18 heavy (non-hydrogen) atoms. The summed E-state index contributed by atoms with van der Waals surface area (Å²) in [6, 6.07) is 6.67. The van der Waals surface area contributed by atoms with Crippen molar-refractivity contribution in [3.8, 4) is 0 Å². The first-order valence-electron chi connectivity index (χ1n) is 6.56. The Labute approximate surface area is 116 Å². The van der Waals surface area contributed by atoms with Crippen molar-refractivity contribution in [3.05, 3.63) is 34.3 Å². The number of nitrogens with one attached hydrogen (secondary N) is 1. The maximum atomic E-state index is 6.20. The van der Waals surface area contributed by atoms with E-state index in [1.165, 1.54) is 5.56 Å². The fraction of sp³-hybridized carbons (Fsp3) is 0.600. The summed E-state index contributed by atoms with van der Waals surface area (Å²) in [4.78, 5) is 0. The summed E-state index contributed by atoms with van der Waals surface area (Å²) in [5, 5.41) is 4.36. The molecule has 102 valence electrons. The lowest BCUT2D eigenvalue weighted by molar-refractivity contribution is 0.149. The van der Waals surface area contributed by atoms with Gasteiger partial charge in [-0.3, -0.25) is 0 Å². The topological polar surface area (TPSA) is 21.3 Å². The van der Waals surface area contributed by atoms with E-state index < -0.39 is 0 Å². The standard InChI is InChI=1S/C15H24ClNO/c1-5-17-15(8-11(2)10-18-4)13-7-6-12(3)14(16)9-13/h6-7,9,11,15,17H,5,8,10H2,1-4H3. The predicted octanol–water partition coefficient (Wildman–Crippen LogP) is 3.97. The summed E-state index contributed by atoms with van der Waals surface area (Å²) in [5.41, 5.74) is 2.39. The number of hydrogen-bond donors (Lipinski definition) is 1. The van der Waals surface area contributed by atoms with Crippen LogP contribution in [0.2, 0.25) is 5.02 Å². The van der Waals surface area contributed by atoms with Crippen molar-refractivity contribution >= 4 is 11.6 Å². The van der Waals surface area contributed by atoms with Crippen molar-refractivity contribution in [2.75, 3.05) is 20.3 Å². The number of hydrogen-bond acceptors (Lipinski definition) is 2. The van der Waals surface area contributed by atoms with Crippen molar-refractivity contribution in [3.63, 3.8) is 0 Å². The number of aryl methyl sites for hydroxylation is 1. The SMILES string of the molecule is CCNC(CC(C)COC)c1ccc(C)c(Cl)c1. The third kappa shape index (κ3) is 4.60. The Morgan fingerprint density at radius 3 is 2.67 bits per heavy atom. The highest BCUT2D eigenvalue weighted by Crippen LogP contribution is 2.25. The van der Waals surface area contributed by atoms with Gasteiger partial charge < -0.3 is 10.1 Å². The van der Waals surface area contributed by atoms with Gasteiger partial charge in [0.1, 0.15) is 0 Å². The smallest absolute Gasteiger partial charge is 0.0488 e. The van der Waals surface area contributed by atoms with Crippen LogP contribution in [0.25, 0.3) is 0 Å². The van der Waals surface area contributed by atoms with E-state index in [1.807, 2.05) is 6.92 Å². The molecule has 2 atom stereocenters. The Hall–Kier alpha value is -0.570. The molecule has 1 aromatic carbocycles. The highest BCUT2D eigenvalue weighted by Gasteiger charge is 2.15. The zero-order chi connectivity index (χ0) is 13.5. The van der Waals surface area contributed by atoms with Crippen LogP contribution in [-0.2, 0) is 4.74 Å². The zero-order valence-electron chi connectivity index (χ0n) is 11.8. The molecule has 0 amide bonds. The zero-order valence-corrected chi connectivity index (χ0v) is 12.6. The molecule has 1 rings (SSSR count). The second-order valence-corrected chi connectivity index (χ2v) is 5.32. The van der Waals surface area contributed by atoms with Gasteiger partial charge in [0.2, 0.25) is 0 Å². The van der Waals surface area contributed by atoms with Crippen LogP contribution in [-0.4, -0.2) is 20.3 Å². The molecule has 0 heterocycles. The molecule has 1 aromatic rings. The molecule has 1 N–H and O–H groups in total. The van der Waals surface area contributed by atoms with Gasteiger partial charge in [0.05, 0.1) is 0 Å². The van der Waals surface area contributed by atoms with E-state index in [2.05, 4.69) is 37.4 Å². The maximum absolute atomic E-state index is 6.20. The second kappa shape index (κ2) is 7.78. The molecule has 2 unspecified atom stereocenters. The molecule has 0 saturated carbocycles. The molecular formula is C15H24ClNO. The molecule has 0 radical (unpaired) electrons. The Morgan fingerprint density at radius 1 is 1.39 bits per heavy atom. The van der Waals surface area contributed by atoms with Crippen LogP contribution >= 0.6 is 11.6 Å². The molecule has 2 nitrogen and oxygen atoms in total. The summed E-state index contributed by atoms with van der Waals surface area (Å²) in [6.07, 6.45) is 1.06. The summed E-state index contributed by atoms with van der Waals surface area (Å²) in [6.45, 7) is 8.12. The second-order valence-electron chi connectivity index (χ2n) is 4.92. The maximum Gasteiger partial charge on any atom is 0.0488 e. The summed E-state index contributed by atoms with van der Waals surface area (Å²) in [7, 11) is 1.75. The van der Waals surface area contributed by atoms with Gasteiger partial charge in [0, 0.05) is 24.8 Å². The number of benzene rings is 1. The van der Waals surface area contributed by atoms with Gasteiger partial charge >= 0.3 is 0 Å².